The molecule has 0 spiro atoms. The maximum absolute atomic E-state index is 14.8. The van der Waals surface area contributed by atoms with E-state index in [1.807, 2.05) is 54.6 Å². The van der Waals surface area contributed by atoms with Gasteiger partial charge in [0, 0.05) is 57.8 Å². The van der Waals surface area contributed by atoms with Crippen LogP contribution in [-0.2, 0) is 65.8 Å². The number of hydrogen-bond donors (Lipinski definition) is 6. The number of likely N-dealkylation sites (N-methyl/N-ethyl adjacent to an activating group) is 2. The highest BCUT2D eigenvalue weighted by Gasteiger charge is 2.45. The van der Waals surface area contributed by atoms with Crippen molar-refractivity contribution in [2.24, 2.45) is 5.73 Å². The van der Waals surface area contributed by atoms with Gasteiger partial charge in [-0.2, -0.15) is 13.2 Å². The van der Waals surface area contributed by atoms with Crippen LogP contribution in [0.3, 0.4) is 0 Å². The Morgan fingerprint density at radius 2 is 1.19 bits per heavy atom. The lowest BCUT2D eigenvalue weighted by atomic mass is 10.0. The van der Waals surface area contributed by atoms with Crippen LogP contribution in [0.4, 0.5) is 13.2 Å². The van der Waals surface area contributed by atoms with Crippen LogP contribution in [0.5, 0.6) is 5.75 Å². The van der Waals surface area contributed by atoms with Crippen LogP contribution < -0.4 is 31.7 Å². The Balaban J connectivity index is 1.15. The number of halogens is 3. The molecule has 7 N–H and O–H groups in total. The summed E-state index contributed by atoms with van der Waals surface area (Å²) < 4.78 is 53.4. The lowest BCUT2D eigenvalue weighted by Crippen LogP contribution is -2.60. The van der Waals surface area contributed by atoms with Gasteiger partial charge in [0.2, 0.25) is 29.5 Å². The quantitative estimate of drug-likeness (QED) is 0.0459. The maximum Gasteiger partial charge on any atom is 0.471 e. The van der Waals surface area contributed by atoms with Gasteiger partial charge in [-0.1, -0.05) is 97.1 Å². The molecule has 81 heavy (non-hydrogen) atoms. The Morgan fingerprint density at radius 1 is 0.667 bits per heavy atom. The van der Waals surface area contributed by atoms with E-state index < -0.39 is 90.7 Å². The van der Waals surface area contributed by atoms with Gasteiger partial charge < -0.3 is 61.2 Å². The number of aliphatic hydroxyl groups is 1. The molecule has 440 valence electrons. The second kappa shape index (κ2) is 30.8. The van der Waals surface area contributed by atoms with E-state index in [-0.39, 0.29) is 58.0 Å². The van der Waals surface area contributed by atoms with Crippen molar-refractivity contribution in [3.8, 4) is 5.75 Å². The molecule has 8 atom stereocenters. The zero-order valence-electron chi connectivity index (χ0n) is 47.0. The fourth-order valence-electron chi connectivity index (χ4n) is 10.3. The molecule has 2 saturated heterocycles. The second-order valence-electron chi connectivity index (χ2n) is 20.9. The molecule has 6 rings (SSSR count). The third kappa shape index (κ3) is 18.3. The molecular weight excluding hydrogens is 1050 g/mol. The third-order valence-electron chi connectivity index (χ3n) is 15.3. The lowest BCUT2D eigenvalue weighted by molar-refractivity contribution is -0.186. The van der Waals surface area contributed by atoms with Crippen molar-refractivity contribution < 1.29 is 56.5 Å². The van der Waals surface area contributed by atoms with Crippen molar-refractivity contribution in [1.29, 1.82) is 0 Å². The highest BCUT2D eigenvalue weighted by molar-refractivity contribution is 5.91. The number of carbonyl (C=O) groups is 6. The van der Waals surface area contributed by atoms with E-state index in [2.05, 4.69) is 21.3 Å². The first kappa shape index (κ1) is 63.3. The van der Waals surface area contributed by atoms with Gasteiger partial charge in [-0.05, 0) is 113 Å². The van der Waals surface area contributed by atoms with Gasteiger partial charge in [-0.15, -0.1) is 0 Å². The van der Waals surface area contributed by atoms with Crippen molar-refractivity contribution in [1.82, 2.24) is 40.9 Å². The van der Waals surface area contributed by atoms with Crippen molar-refractivity contribution in [3.05, 3.63) is 137 Å². The van der Waals surface area contributed by atoms with Crippen molar-refractivity contribution in [2.45, 2.75) is 126 Å². The fraction of sp³-hybridized carbons (Fsp3) is 0.500. The van der Waals surface area contributed by atoms with Crippen molar-refractivity contribution >= 4 is 35.4 Å². The van der Waals surface area contributed by atoms with Gasteiger partial charge in [-0.25, -0.2) is 0 Å². The summed E-state index contributed by atoms with van der Waals surface area (Å²) in [5, 5.41) is 21.3. The summed E-state index contributed by atoms with van der Waals surface area (Å²) in [6.45, 7) is 3.35. The van der Waals surface area contributed by atoms with Gasteiger partial charge in [0.15, 0.2) is 0 Å². The molecule has 2 aliphatic heterocycles. The highest BCUT2D eigenvalue weighted by Crippen LogP contribution is 2.26. The van der Waals surface area contributed by atoms with Gasteiger partial charge >= 0.3 is 12.1 Å². The van der Waals surface area contributed by atoms with E-state index in [9.17, 15) is 47.0 Å². The number of nitrogens with one attached hydrogen (secondary N) is 4. The molecular formula is C60H80F3N9O9. The lowest BCUT2D eigenvalue weighted by Gasteiger charge is -2.35. The number of amides is 6. The summed E-state index contributed by atoms with van der Waals surface area (Å²) in [5.41, 5.74) is 10.6. The molecule has 2 heterocycles. The van der Waals surface area contributed by atoms with E-state index in [1.165, 1.54) is 11.9 Å². The van der Waals surface area contributed by atoms with Gasteiger partial charge in [-0.3, -0.25) is 28.8 Å². The molecule has 0 saturated carbocycles. The maximum atomic E-state index is 14.8. The van der Waals surface area contributed by atoms with Gasteiger partial charge in [0.25, 0.3) is 0 Å². The van der Waals surface area contributed by atoms with E-state index in [4.69, 9.17) is 15.2 Å². The number of alkyl halides is 3. The molecule has 4 aromatic rings. The van der Waals surface area contributed by atoms with Crippen LogP contribution >= 0.6 is 0 Å². The van der Waals surface area contributed by atoms with Gasteiger partial charge in [0.1, 0.15) is 23.9 Å². The van der Waals surface area contributed by atoms with Crippen LogP contribution in [0.1, 0.15) is 67.3 Å². The molecule has 0 unspecified atom stereocenters. The zero-order valence-corrected chi connectivity index (χ0v) is 47.0. The number of likely N-dealkylation sites (tertiary alicyclic amines) is 2. The molecule has 21 heteroatoms. The Bertz CT molecular complexity index is 2650. The Morgan fingerprint density at radius 3 is 1.72 bits per heavy atom. The average molecular weight is 1130 g/mol. The Kier molecular flexibility index (Phi) is 24.0. The normalized spacial score (nSPS) is 17.6. The van der Waals surface area contributed by atoms with E-state index in [0.29, 0.717) is 62.1 Å². The minimum Gasteiger partial charge on any atom is -0.497 e. The monoisotopic (exact) mass is 1130 g/mol. The summed E-state index contributed by atoms with van der Waals surface area (Å²) in [5.74, 6) is -3.55. The largest absolute Gasteiger partial charge is 0.497 e. The predicted molar refractivity (Wildman–Crippen MR) is 300 cm³/mol. The van der Waals surface area contributed by atoms with Crippen molar-refractivity contribution in [3.63, 3.8) is 0 Å². The highest BCUT2D eigenvalue weighted by atomic mass is 19.4. The third-order valence-corrected chi connectivity index (χ3v) is 15.3. The summed E-state index contributed by atoms with van der Waals surface area (Å²) in [6.07, 6.45) is -2.88. The molecule has 0 radical (unpaired) electrons. The summed E-state index contributed by atoms with van der Waals surface area (Å²) in [6, 6.07) is 27.0. The summed E-state index contributed by atoms with van der Waals surface area (Å²) in [4.78, 5) is 88.9. The standard InChI is InChI=1S/C60H80F3N9O9/c1-40(65-3)54(74)67-51(57(77)71-30-12-19-48(71)37-70(59(79)60(61,62)63)33-29-43-16-10-7-11-17-43)35-45-20-22-46(23-21-45)39-81-41(2)53(68-55(75)52(38-73)66-4)58(78)72-31-13-18-47(72)36-69(32-28-42-14-8-6-9-15-42)56(76)50(64)34-44-24-26-49(80-5)27-25-44/h6-11,14-17,20-27,40-41,47-48,50-53,65-66,73H,12-13,18-19,28-39,64H2,1-5H3,(H,67,74)(H,68,75)/t40-,41+,47-,48-,50+,51-,52-,53-/m0/s1. The van der Waals surface area contributed by atoms with Crippen LogP contribution in [0.2, 0.25) is 0 Å². The smallest absolute Gasteiger partial charge is 0.471 e. The van der Waals surface area contributed by atoms with E-state index in [1.54, 1.807) is 92.4 Å². The molecule has 0 aliphatic carbocycles. The molecule has 0 bridgehead atoms. The molecule has 4 aromatic carbocycles. The molecule has 0 aromatic heterocycles. The number of nitrogens with two attached hydrogens (primary N) is 1. The predicted octanol–water partition coefficient (Wildman–Crippen LogP) is 3.56. The Labute approximate surface area is 473 Å². The first-order chi connectivity index (χ1) is 38.8. The number of aliphatic hydroxyl groups excluding tert-OH is 1. The second-order valence-corrected chi connectivity index (χ2v) is 20.9. The fourth-order valence-corrected chi connectivity index (χ4v) is 10.3. The number of benzene rings is 4. The van der Waals surface area contributed by atoms with Crippen LogP contribution in [0, 0.1) is 0 Å². The number of methoxy groups -OCH3 is 1. The first-order valence-corrected chi connectivity index (χ1v) is 27.8. The number of hydrogen-bond acceptors (Lipinski definition) is 12. The number of carbonyl (C=O) groups excluding carboxylic acids is 6. The number of nitrogens with zero attached hydrogens (tertiary/aromatic N) is 4. The van der Waals surface area contributed by atoms with E-state index >= 15 is 0 Å². The average Bonchev–Trinajstić information content (AvgIpc) is 4.16. The zero-order chi connectivity index (χ0) is 58.6. The molecule has 2 aliphatic rings. The number of rotatable bonds is 29. The van der Waals surface area contributed by atoms with Gasteiger partial charge in [0.05, 0.1) is 38.5 Å². The van der Waals surface area contributed by atoms with Crippen LogP contribution in [0.25, 0.3) is 0 Å². The van der Waals surface area contributed by atoms with Crippen LogP contribution in [0.15, 0.2) is 109 Å². The molecule has 2 fully saturated rings. The SMILES string of the molecule is CN[C@@H](C)C(=O)N[C@@H](Cc1ccc(CO[C@H](C)[C@H](NC(=O)[C@H](CO)NC)C(=O)N2CCC[C@H]2CN(CCc2ccccc2)C(=O)[C@H](N)Cc2ccc(OC)cc2)cc1)C(=O)N1CCC[C@H]1CN(CCc1ccccc1)C(=O)C(F)(F)F. The van der Waals surface area contributed by atoms with Crippen molar-refractivity contribution in [2.75, 3.05) is 67.1 Å². The topological polar surface area (TPSA) is 228 Å². The summed E-state index contributed by atoms with van der Waals surface area (Å²) in [7, 11) is 4.69. The van der Waals surface area contributed by atoms with E-state index in [0.717, 1.165) is 21.6 Å². The molecule has 18 nitrogen and oxygen atoms in total. The number of ether oxygens (including phenoxy) is 2. The minimum absolute atomic E-state index is 0.0144. The van der Waals surface area contributed by atoms with Crippen LogP contribution in [-0.4, -0.2) is 182 Å². The first-order valence-electron chi connectivity index (χ1n) is 27.8. The minimum atomic E-state index is -5.12. The Hall–Kier alpha value is -6.91. The summed E-state index contributed by atoms with van der Waals surface area (Å²) >= 11 is 0. The molecule has 6 amide bonds.